The highest BCUT2D eigenvalue weighted by Gasteiger charge is 2.34. The maximum Gasteiger partial charge on any atom is 0.226 e. The zero-order valence-corrected chi connectivity index (χ0v) is 10.9. The quantitative estimate of drug-likeness (QED) is 0.788. The number of rotatable bonds is 3. The summed E-state index contributed by atoms with van der Waals surface area (Å²) in [6.07, 6.45) is 1.50. The molecular weight excluding hydrogens is 246 g/mol. The van der Waals surface area contributed by atoms with Crippen molar-refractivity contribution in [1.29, 1.82) is 0 Å². The number of hydrogen-bond donors (Lipinski definition) is 1. The molecule has 0 spiro atoms. The highest BCUT2D eigenvalue weighted by molar-refractivity contribution is 5.86. The molecule has 0 bridgehead atoms. The van der Waals surface area contributed by atoms with Gasteiger partial charge in [-0.25, -0.2) is 14.6 Å². The van der Waals surface area contributed by atoms with E-state index in [4.69, 9.17) is 0 Å². The molecule has 1 saturated heterocycles. The molecule has 0 radical (unpaired) electrons. The zero-order chi connectivity index (χ0) is 13.4. The molecule has 1 N–H and O–H groups in total. The molecule has 0 aliphatic carbocycles. The second-order valence-corrected chi connectivity index (χ2v) is 4.58. The third kappa shape index (κ3) is 1.88. The lowest BCUT2D eigenvalue weighted by atomic mass is 9.99. The van der Waals surface area contributed by atoms with Crippen LogP contribution in [0.1, 0.15) is 6.92 Å². The summed E-state index contributed by atoms with van der Waals surface area (Å²) in [6, 6.07) is 0. The van der Waals surface area contributed by atoms with Gasteiger partial charge in [0.2, 0.25) is 5.91 Å². The Bertz CT molecular complexity index is 617. The van der Waals surface area contributed by atoms with Crippen molar-refractivity contribution in [2.75, 3.05) is 24.5 Å². The summed E-state index contributed by atoms with van der Waals surface area (Å²) in [7, 11) is 1.79. The van der Waals surface area contributed by atoms with Crippen LogP contribution in [0.25, 0.3) is 11.2 Å². The molecule has 3 rings (SSSR count). The number of amides is 1. The van der Waals surface area contributed by atoms with Gasteiger partial charge in [0.25, 0.3) is 0 Å². The standard InChI is InChI=1S/C11H15N7O/c1-3-12-11(19)7-4-18(5-7)10-8-9(13-6-14-10)17(2)16-15-8/h6-7H,3-5H2,1-2H3,(H,12,19). The van der Waals surface area contributed by atoms with Crippen molar-refractivity contribution >= 4 is 22.9 Å². The van der Waals surface area contributed by atoms with Gasteiger partial charge in [-0.3, -0.25) is 4.79 Å². The normalized spacial score (nSPS) is 15.6. The van der Waals surface area contributed by atoms with E-state index in [1.807, 2.05) is 11.8 Å². The summed E-state index contributed by atoms with van der Waals surface area (Å²) < 4.78 is 1.61. The van der Waals surface area contributed by atoms with E-state index in [0.717, 1.165) is 5.82 Å². The Balaban J connectivity index is 1.79. The van der Waals surface area contributed by atoms with Gasteiger partial charge in [0.05, 0.1) is 5.92 Å². The van der Waals surface area contributed by atoms with E-state index in [2.05, 4.69) is 25.6 Å². The highest BCUT2D eigenvalue weighted by atomic mass is 16.2. The number of aromatic nitrogens is 5. The van der Waals surface area contributed by atoms with Gasteiger partial charge < -0.3 is 10.2 Å². The second kappa shape index (κ2) is 4.45. The fourth-order valence-electron chi connectivity index (χ4n) is 2.21. The second-order valence-electron chi connectivity index (χ2n) is 4.58. The van der Waals surface area contributed by atoms with Crippen molar-refractivity contribution in [2.45, 2.75) is 6.92 Å². The monoisotopic (exact) mass is 261 g/mol. The van der Waals surface area contributed by atoms with E-state index >= 15 is 0 Å². The predicted molar refractivity (Wildman–Crippen MR) is 68.5 cm³/mol. The number of hydrogen-bond acceptors (Lipinski definition) is 6. The Morgan fingerprint density at radius 3 is 3.00 bits per heavy atom. The number of fused-ring (bicyclic) bond motifs is 1. The molecule has 0 unspecified atom stereocenters. The summed E-state index contributed by atoms with van der Waals surface area (Å²) in [6.45, 7) is 3.90. The third-order valence-electron chi connectivity index (χ3n) is 3.27. The summed E-state index contributed by atoms with van der Waals surface area (Å²) in [5, 5.41) is 10.8. The molecule has 2 aromatic heterocycles. The first-order valence-electron chi connectivity index (χ1n) is 6.23. The van der Waals surface area contributed by atoms with Gasteiger partial charge in [0, 0.05) is 26.7 Å². The van der Waals surface area contributed by atoms with E-state index in [1.54, 1.807) is 11.7 Å². The largest absolute Gasteiger partial charge is 0.356 e. The van der Waals surface area contributed by atoms with Gasteiger partial charge in [-0.2, -0.15) is 0 Å². The van der Waals surface area contributed by atoms with Crippen LogP contribution < -0.4 is 10.2 Å². The SMILES string of the molecule is CCNC(=O)C1CN(c2ncnc3c2nnn3C)C1. The number of anilines is 1. The Kier molecular flexibility index (Phi) is 2.77. The van der Waals surface area contributed by atoms with Crippen LogP contribution in [0.3, 0.4) is 0 Å². The molecular formula is C11H15N7O. The maximum absolute atomic E-state index is 11.7. The minimum absolute atomic E-state index is 0.0293. The van der Waals surface area contributed by atoms with Crippen molar-refractivity contribution in [1.82, 2.24) is 30.3 Å². The number of carbonyl (C=O) groups is 1. The minimum Gasteiger partial charge on any atom is -0.356 e. The molecule has 3 heterocycles. The molecule has 8 heteroatoms. The molecule has 8 nitrogen and oxygen atoms in total. The van der Waals surface area contributed by atoms with Gasteiger partial charge >= 0.3 is 0 Å². The van der Waals surface area contributed by atoms with Gasteiger partial charge in [-0.1, -0.05) is 5.21 Å². The van der Waals surface area contributed by atoms with Crippen molar-refractivity contribution < 1.29 is 4.79 Å². The smallest absolute Gasteiger partial charge is 0.226 e. The van der Waals surface area contributed by atoms with Crippen molar-refractivity contribution in [2.24, 2.45) is 13.0 Å². The number of aryl methyl sites for hydroxylation is 1. The van der Waals surface area contributed by atoms with Crippen molar-refractivity contribution in [3.8, 4) is 0 Å². The first-order valence-corrected chi connectivity index (χ1v) is 6.23. The van der Waals surface area contributed by atoms with Crippen molar-refractivity contribution in [3.63, 3.8) is 0 Å². The van der Waals surface area contributed by atoms with Gasteiger partial charge in [0.1, 0.15) is 6.33 Å². The molecule has 1 aliphatic rings. The van der Waals surface area contributed by atoms with E-state index < -0.39 is 0 Å². The number of nitrogens with zero attached hydrogens (tertiary/aromatic N) is 6. The Morgan fingerprint density at radius 2 is 2.26 bits per heavy atom. The summed E-state index contributed by atoms with van der Waals surface area (Å²) in [5.74, 6) is 0.878. The van der Waals surface area contributed by atoms with E-state index in [-0.39, 0.29) is 11.8 Å². The molecule has 19 heavy (non-hydrogen) atoms. The Morgan fingerprint density at radius 1 is 1.47 bits per heavy atom. The van der Waals surface area contributed by atoms with Gasteiger partial charge in [-0.15, -0.1) is 5.10 Å². The summed E-state index contributed by atoms with van der Waals surface area (Å²) >= 11 is 0. The lowest BCUT2D eigenvalue weighted by molar-refractivity contribution is -0.125. The Hall–Kier alpha value is -2.25. The van der Waals surface area contributed by atoms with Crippen LogP contribution in [0.15, 0.2) is 6.33 Å². The minimum atomic E-state index is 0.0293. The first kappa shape index (κ1) is 11.8. The summed E-state index contributed by atoms with van der Waals surface area (Å²) in [4.78, 5) is 22.1. The average molecular weight is 261 g/mol. The van der Waals surface area contributed by atoms with Crippen LogP contribution in [0.5, 0.6) is 0 Å². The fourth-order valence-corrected chi connectivity index (χ4v) is 2.21. The highest BCUT2D eigenvalue weighted by Crippen LogP contribution is 2.27. The van der Waals surface area contributed by atoms with Crippen LogP contribution in [-0.4, -0.2) is 50.5 Å². The maximum atomic E-state index is 11.7. The molecule has 1 amide bonds. The number of carbonyl (C=O) groups excluding carboxylic acids is 1. The van der Waals surface area contributed by atoms with Gasteiger partial charge in [-0.05, 0) is 6.92 Å². The summed E-state index contributed by atoms with van der Waals surface area (Å²) in [5.41, 5.74) is 1.38. The van der Waals surface area contributed by atoms with E-state index in [1.165, 1.54) is 6.33 Å². The van der Waals surface area contributed by atoms with Crippen molar-refractivity contribution in [3.05, 3.63) is 6.33 Å². The van der Waals surface area contributed by atoms with Crippen LogP contribution >= 0.6 is 0 Å². The third-order valence-corrected chi connectivity index (χ3v) is 3.27. The first-order chi connectivity index (χ1) is 9.20. The Labute approximate surface area is 109 Å². The fraction of sp³-hybridized carbons (Fsp3) is 0.545. The van der Waals surface area contributed by atoms with Crippen LogP contribution in [-0.2, 0) is 11.8 Å². The van der Waals surface area contributed by atoms with E-state index in [0.29, 0.717) is 30.8 Å². The topological polar surface area (TPSA) is 88.8 Å². The molecule has 2 aromatic rings. The molecule has 0 aromatic carbocycles. The lowest BCUT2D eigenvalue weighted by Crippen LogP contribution is -2.54. The van der Waals surface area contributed by atoms with E-state index in [9.17, 15) is 4.79 Å². The molecule has 0 saturated carbocycles. The average Bonchev–Trinajstić information content (AvgIpc) is 2.71. The molecule has 1 aliphatic heterocycles. The van der Waals surface area contributed by atoms with Gasteiger partial charge in [0.15, 0.2) is 17.0 Å². The van der Waals surface area contributed by atoms with Crippen LogP contribution in [0.2, 0.25) is 0 Å². The predicted octanol–water partition coefficient (Wildman–Crippen LogP) is -0.669. The molecule has 100 valence electrons. The van der Waals surface area contributed by atoms with Crippen LogP contribution in [0, 0.1) is 5.92 Å². The van der Waals surface area contributed by atoms with Crippen LogP contribution in [0.4, 0.5) is 5.82 Å². The number of nitrogens with one attached hydrogen (secondary N) is 1. The molecule has 1 fully saturated rings. The zero-order valence-electron chi connectivity index (χ0n) is 10.9. The lowest BCUT2D eigenvalue weighted by Gasteiger charge is -2.38. The molecule has 0 atom stereocenters.